The van der Waals surface area contributed by atoms with E-state index in [4.69, 9.17) is 4.74 Å². The Morgan fingerprint density at radius 3 is 2.62 bits per heavy atom. The van der Waals surface area contributed by atoms with Crippen molar-refractivity contribution in [2.45, 2.75) is 50.9 Å². The zero-order valence-corrected chi connectivity index (χ0v) is 13.0. The zero-order chi connectivity index (χ0) is 15.9. The highest BCUT2D eigenvalue weighted by Crippen LogP contribution is 2.57. The number of hydrogen-bond acceptors (Lipinski definition) is 5. The van der Waals surface area contributed by atoms with Crippen molar-refractivity contribution >= 4 is 5.97 Å². The number of fused-ring (bicyclic) bond motifs is 2. The molecule has 1 aliphatic carbocycles. The van der Waals surface area contributed by atoms with Crippen LogP contribution >= 0.6 is 0 Å². The molecule has 0 aromatic heterocycles. The van der Waals surface area contributed by atoms with E-state index in [2.05, 4.69) is 4.74 Å². The van der Waals surface area contributed by atoms with E-state index >= 15 is 0 Å². The molecule has 4 atom stereocenters. The van der Waals surface area contributed by atoms with E-state index in [0.29, 0.717) is 25.0 Å². The summed E-state index contributed by atoms with van der Waals surface area (Å²) in [5, 5.41) is 21.2. The first-order chi connectivity index (χ1) is 9.66. The summed E-state index contributed by atoms with van der Waals surface area (Å²) in [5.74, 6) is -0.431. The summed E-state index contributed by atoms with van der Waals surface area (Å²) in [5.41, 5.74) is -1.85. The van der Waals surface area contributed by atoms with E-state index in [9.17, 15) is 15.0 Å². The Labute approximate surface area is 125 Å². The van der Waals surface area contributed by atoms with Crippen molar-refractivity contribution in [2.24, 2.45) is 5.41 Å². The van der Waals surface area contributed by atoms with E-state index in [0.717, 1.165) is 0 Å². The van der Waals surface area contributed by atoms with Gasteiger partial charge >= 0.3 is 5.97 Å². The lowest BCUT2D eigenvalue weighted by Crippen LogP contribution is -2.60. The topological polar surface area (TPSA) is 76.0 Å². The first kappa shape index (κ1) is 16.2. The summed E-state index contributed by atoms with van der Waals surface area (Å²) >= 11 is 0. The molecule has 2 N–H and O–H groups in total. The summed E-state index contributed by atoms with van der Waals surface area (Å²) in [4.78, 5) is 11.2. The van der Waals surface area contributed by atoms with Crippen LogP contribution in [0.5, 0.6) is 0 Å². The molecule has 0 aromatic carbocycles. The maximum Gasteiger partial charge on any atom is 0.330 e. The number of esters is 1. The lowest BCUT2D eigenvalue weighted by molar-refractivity contribution is -0.150. The van der Waals surface area contributed by atoms with Crippen LogP contribution in [0.15, 0.2) is 23.8 Å². The van der Waals surface area contributed by atoms with E-state index in [1.165, 1.54) is 13.2 Å². The standard InChI is InChI=1S/C16H24O5/c1-11(7-13(18)20-4)5-6-16(19)14(2)8-12(17)9-15(16,3)21-10-14/h5-7,12,17,19H,8-10H2,1-4H3/b6-5+,11-7+/t12-,14+,15+,16-/m0/s1. The van der Waals surface area contributed by atoms with Gasteiger partial charge in [0.05, 0.1) is 19.8 Å². The number of ether oxygens (including phenoxy) is 2. The van der Waals surface area contributed by atoms with Crippen molar-refractivity contribution in [3.63, 3.8) is 0 Å². The first-order valence-electron chi connectivity index (χ1n) is 7.16. The molecule has 2 fully saturated rings. The second-order valence-electron chi connectivity index (χ2n) is 6.65. The number of methoxy groups -OCH3 is 1. The molecule has 2 rings (SSSR count). The highest BCUT2D eigenvalue weighted by molar-refractivity contribution is 5.83. The smallest absolute Gasteiger partial charge is 0.330 e. The number of hydrogen-bond donors (Lipinski definition) is 2. The zero-order valence-electron chi connectivity index (χ0n) is 13.0. The number of allylic oxidation sites excluding steroid dienone is 2. The number of aliphatic hydroxyl groups is 2. The SMILES string of the molecule is COC(=O)/C=C(C)/C=C/[C@]1(O)[C@@]2(C)CO[C@]1(C)C[C@@H](O)C2. The highest BCUT2D eigenvalue weighted by Gasteiger charge is 2.67. The molecule has 5 heteroatoms. The second kappa shape index (κ2) is 5.23. The van der Waals surface area contributed by atoms with Crippen molar-refractivity contribution in [1.82, 2.24) is 0 Å². The summed E-state index contributed by atoms with van der Waals surface area (Å²) in [6.07, 6.45) is 5.18. The van der Waals surface area contributed by atoms with E-state index in [1.807, 2.05) is 13.8 Å². The minimum absolute atomic E-state index is 0.392. The van der Waals surface area contributed by atoms with Crippen molar-refractivity contribution in [3.8, 4) is 0 Å². The fourth-order valence-corrected chi connectivity index (χ4v) is 3.57. The minimum atomic E-state index is -1.18. The molecule has 0 radical (unpaired) electrons. The van der Waals surface area contributed by atoms with Crippen LogP contribution in [-0.4, -0.2) is 47.2 Å². The predicted molar refractivity (Wildman–Crippen MR) is 77.6 cm³/mol. The van der Waals surface area contributed by atoms with Crippen molar-refractivity contribution < 1.29 is 24.5 Å². The van der Waals surface area contributed by atoms with Crippen LogP contribution in [0.25, 0.3) is 0 Å². The Hall–Kier alpha value is -1.17. The number of aliphatic hydroxyl groups excluding tert-OH is 1. The fourth-order valence-electron chi connectivity index (χ4n) is 3.57. The third-order valence-electron chi connectivity index (χ3n) is 4.88. The second-order valence-corrected chi connectivity index (χ2v) is 6.65. The van der Waals surface area contributed by atoms with Crippen molar-refractivity contribution in [3.05, 3.63) is 23.8 Å². The summed E-state index contributed by atoms with van der Waals surface area (Å²) in [6.45, 7) is 5.91. The highest BCUT2D eigenvalue weighted by atomic mass is 16.5. The Morgan fingerprint density at radius 1 is 1.38 bits per heavy atom. The third-order valence-corrected chi connectivity index (χ3v) is 4.88. The van der Waals surface area contributed by atoms with E-state index in [-0.39, 0.29) is 0 Å². The Balaban J connectivity index is 2.30. The van der Waals surface area contributed by atoms with Crippen LogP contribution in [0.2, 0.25) is 0 Å². The minimum Gasteiger partial charge on any atom is -0.466 e. The largest absolute Gasteiger partial charge is 0.466 e. The van der Waals surface area contributed by atoms with Gasteiger partial charge in [0.2, 0.25) is 0 Å². The molecular formula is C16H24O5. The van der Waals surface area contributed by atoms with Gasteiger partial charge in [-0.1, -0.05) is 13.0 Å². The van der Waals surface area contributed by atoms with Crippen LogP contribution < -0.4 is 0 Å². The van der Waals surface area contributed by atoms with Gasteiger partial charge in [0.25, 0.3) is 0 Å². The Kier molecular flexibility index (Phi) is 4.04. The van der Waals surface area contributed by atoms with Crippen molar-refractivity contribution in [1.29, 1.82) is 0 Å². The van der Waals surface area contributed by atoms with Gasteiger partial charge in [-0.2, -0.15) is 0 Å². The summed E-state index contributed by atoms with van der Waals surface area (Å²) < 4.78 is 10.4. The van der Waals surface area contributed by atoms with E-state index in [1.54, 1.807) is 19.1 Å². The Morgan fingerprint density at radius 2 is 2.05 bits per heavy atom. The summed E-state index contributed by atoms with van der Waals surface area (Å²) in [7, 11) is 1.32. The molecular weight excluding hydrogens is 272 g/mol. The number of carbonyl (C=O) groups is 1. The monoisotopic (exact) mass is 296 g/mol. The predicted octanol–water partition coefficient (Wildman–Crippen LogP) is 1.34. The van der Waals surface area contributed by atoms with Crippen LogP contribution in [0.3, 0.4) is 0 Å². The van der Waals surface area contributed by atoms with Crippen molar-refractivity contribution in [2.75, 3.05) is 13.7 Å². The number of carbonyl (C=O) groups excluding carboxylic acids is 1. The average Bonchev–Trinajstić information content (AvgIpc) is 2.51. The lowest BCUT2D eigenvalue weighted by Gasteiger charge is -2.49. The van der Waals surface area contributed by atoms with Gasteiger partial charge in [-0.05, 0) is 31.9 Å². The van der Waals surface area contributed by atoms with Crippen LogP contribution in [0.1, 0.15) is 33.6 Å². The molecule has 0 amide bonds. The molecule has 118 valence electrons. The maximum atomic E-state index is 11.2. The molecule has 0 aromatic rings. The normalized spacial score (nSPS) is 43.3. The molecule has 2 bridgehead atoms. The van der Waals surface area contributed by atoms with Crippen LogP contribution in [0.4, 0.5) is 0 Å². The molecule has 2 aliphatic rings. The molecule has 1 saturated carbocycles. The van der Waals surface area contributed by atoms with E-state index < -0.39 is 28.7 Å². The Bertz CT molecular complexity index is 475. The van der Waals surface area contributed by atoms with Gasteiger partial charge in [0, 0.05) is 17.9 Å². The van der Waals surface area contributed by atoms with Gasteiger partial charge in [0.15, 0.2) is 0 Å². The molecule has 5 nitrogen and oxygen atoms in total. The molecule has 1 saturated heterocycles. The lowest BCUT2D eigenvalue weighted by atomic mass is 9.59. The van der Waals surface area contributed by atoms with Gasteiger partial charge in [-0.25, -0.2) is 4.79 Å². The van der Waals surface area contributed by atoms with Gasteiger partial charge in [0.1, 0.15) is 11.2 Å². The maximum absolute atomic E-state index is 11.2. The third kappa shape index (κ3) is 2.54. The quantitative estimate of drug-likeness (QED) is 0.467. The molecule has 1 heterocycles. The number of rotatable bonds is 3. The van der Waals surface area contributed by atoms with Crippen LogP contribution in [0, 0.1) is 5.41 Å². The first-order valence-corrected chi connectivity index (χ1v) is 7.16. The van der Waals surface area contributed by atoms with Gasteiger partial charge in [-0.3, -0.25) is 0 Å². The molecule has 0 unspecified atom stereocenters. The van der Waals surface area contributed by atoms with Crippen LogP contribution in [-0.2, 0) is 14.3 Å². The fraction of sp³-hybridized carbons (Fsp3) is 0.688. The molecule has 21 heavy (non-hydrogen) atoms. The van der Waals surface area contributed by atoms with Gasteiger partial charge in [-0.15, -0.1) is 0 Å². The average molecular weight is 296 g/mol. The van der Waals surface area contributed by atoms with Gasteiger partial charge < -0.3 is 19.7 Å². The summed E-state index contributed by atoms with van der Waals surface area (Å²) in [6, 6.07) is 0. The molecule has 1 aliphatic heterocycles. The molecule has 0 spiro atoms.